The van der Waals surface area contributed by atoms with Gasteiger partial charge in [0.2, 0.25) is 0 Å². The molecule has 0 spiro atoms. The molecule has 2 heterocycles. The first-order valence-electron chi connectivity index (χ1n) is 9.49. The monoisotopic (exact) mass is 494 g/mol. The zero-order valence-electron chi connectivity index (χ0n) is 17.1. The molecule has 2 rings (SSSR count). The Bertz CT molecular complexity index is 899. The van der Waals surface area contributed by atoms with Crippen molar-refractivity contribution in [3.63, 3.8) is 0 Å². The molecule has 0 saturated heterocycles. The van der Waals surface area contributed by atoms with Crippen molar-refractivity contribution < 1.29 is 19.8 Å². The van der Waals surface area contributed by atoms with Crippen molar-refractivity contribution in [1.29, 1.82) is 0 Å². The molecule has 0 amide bonds. The summed E-state index contributed by atoms with van der Waals surface area (Å²) >= 11 is 19.2. The summed E-state index contributed by atoms with van der Waals surface area (Å²) in [4.78, 5) is 30.9. The van der Waals surface area contributed by atoms with E-state index in [1.54, 1.807) is 13.8 Å². The molecule has 0 bridgehead atoms. The van der Waals surface area contributed by atoms with Crippen LogP contribution in [-0.2, 0) is 9.59 Å². The van der Waals surface area contributed by atoms with Crippen molar-refractivity contribution in [3.8, 4) is 0 Å². The largest absolute Gasteiger partial charge is 0.506 e. The number of carbonyl (C=O) groups is 2. The van der Waals surface area contributed by atoms with Crippen LogP contribution in [-0.4, -0.2) is 43.3 Å². The number of halogens is 3. The van der Waals surface area contributed by atoms with E-state index in [4.69, 9.17) is 34.8 Å². The number of nitrogens with one attached hydrogen (secondary N) is 1. The summed E-state index contributed by atoms with van der Waals surface area (Å²) < 4.78 is 0. The molecule has 4 atom stereocenters. The van der Waals surface area contributed by atoms with Gasteiger partial charge in [-0.15, -0.1) is 11.8 Å². The highest BCUT2D eigenvalue weighted by molar-refractivity contribution is 8.14. The molecule has 1 aliphatic rings. The Kier molecular flexibility index (Phi) is 8.36. The summed E-state index contributed by atoms with van der Waals surface area (Å²) in [7, 11) is 0. The number of allylic oxidation sites excluding steroid dienone is 1. The number of ketones is 1. The first-order valence-corrected chi connectivity index (χ1v) is 11.6. The van der Waals surface area contributed by atoms with E-state index < -0.39 is 11.5 Å². The van der Waals surface area contributed by atoms with E-state index in [2.05, 4.69) is 9.98 Å². The zero-order valence-corrected chi connectivity index (χ0v) is 20.2. The van der Waals surface area contributed by atoms with Gasteiger partial charge in [0.15, 0.2) is 11.3 Å². The van der Waals surface area contributed by atoms with Crippen LogP contribution in [0.5, 0.6) is 0 Å². The maximum Gasteiger partial charge on any atom is 0.332 e. The molecule has 0 fully saturated rings. The van der Waals surface area contributed by atoms with Crippen molar-refractivity contribution >= 4 is 69.1 Å². The highest BCUT2D eigenvalue weighted by Crippen LogP contribution is 2.36. The van der Waals surface area contributed by atoms with Crippen LogP contribution in [0, 0.1) is 17.8 Å². The van der Waals surface area contributed by atoms with Gasteiger partial charge in [0.25, 0.3) is 0 Å². The Balaban J connectivity index is 1.96. The summed E-state index contributed by atoms with van der Waals surface area (Å²) in [5.41, 5.74) is -0.958. The molecule has 0 aromatic carbocycles. The molecular weight excluding hydrogens is 471 g/mol. The fraction of sp³-hybridized carbons (Fsp3) is 0.550. The van der Waals surface area contributed by atoms with Crippen LogP contribution in [0.1, 0.15) is 46.2 Å². The molecule has 3 N–H and O–H groups in total. The van der Waals surface area contributed by atoms with E-state index in [0.29, 0.717) is 12.2 Å². The fourth-order valence-electron chi connectivity index (χ4n) is 3.36. The van der Waals surface area contributed by atoms with Crippen molar-refractivity contribution in [2.75, 3.05) is 5.75 Å². The van der Waals surface area contributed by atoms with Crippen LogP contribution >= 0.6 is 46.6 Å². The van der Waals surface area contributed by atoms with E-state index in [1.807, 2.05) is 13.8 Å². The number of carboxylic acids is 1. The van der Waals surface area contributed by atoms with Crippen LogP contribution in [0.4, 0.5) is 0 Å². The number of nitrogens with zero attached hydrogens (tertiary/aromatic N) is 1. The molecular formula is C20H25Cl3N2O4S. The predicted molar refractivity (Wildman–Crippen MR) is 124 cm³/mol. The number of H-pyrrole nitrogens is 1. The summed E-state index contributed by atoms with van der Waals surface area (Å²) in [6, 6.07) is 0. The highest BCUT2D eigenvalue weighted by Gasteiger charge is 2.39. The molecule has 6 nitrogen and oxygen atoms in total. The number of thioether (sulfide) groups is 1. The summed E-state index contributed by atoms with van der Waals surface area (Å²) in [5.74, 6) is -1.05. The maximum absolute atomic E-state index is 12.5. The van der Waals surface area contributed by atoms with Gasteiger partial charge in [0.1, 0.15) is 16.6 Å². The lowest BCUT2D eigenvalue weighted by atomic mass is 9.87. The normalized spacial score (nSPS) is 22.5. The summed E-state index contributed by atoms with van der Waals surface area (Å²) in [6.45, 7) is 7.49. The number of aromatic amines is 1. The molecule has 4 unspecified atom stereocenters. The number of aliphatic hydroxyl groups is 1. The predicted octanol–water partition coefficient (Wildman–Crippen LogP) is 6.12. The second-order valence-corrected chi connectivity index (χ2v) is 10.2. The van der Waals surface area contributed by atoms with Crippen LogP contribution < -0.4 is 0 Å². The molecule has 1 aromatic rings. The lowest BCUT2D eigenvalue weighted by Gasteiger charge is -2.19. The molecule has 1 aromatic heterocycles. The lowest BCUT2D eigenvalue weighted by Crippen LogP contribution is -2.33. The Morgan fingerprint density at radius 3 is 2.33 bits per heavy atom. The van der Waals surface area contributed by atoms with Crippen LogP contribution in [0.25, 0.3) is 5.76 Å². The van der Waals surface area contributed by atoms with Gasteiger partial charge in [0.05, 0.1) is 15.1 Å². The third-order valence-corrected chi connectivity index (χ3v) is 7.84. The van der Waals surface area contributed by atoms with Gasteiger partial charge >= 0.3 is 5.97 Å². The van der Waals surface area contributed by atoms with Gasteiger partial charge in [-0.1, -0.05) is 55.6 Å². The van der Waals surface area contributed by atoms with Crippen molar-refractivity contribution in [2.45, 2.75) is 46.1 Å². The zero-order chi connectivity index (χ0) is 22.8. The number of aromatic nitrogens is 1. The number of rotatable bonds is 9. The van der Waals surface area contributed by atoms with Gasteiger partial charge < -0.3 is 15.2 Å². The van der Waals surface area contributed by atoms with E-state index >= 15 is 0 Å². The molecule has 0 radical (unpaired) electrons. The molecule has 10 heteroatoms. The van der Waals surface area contributed by atoms with Gasteiger partial charge in [-0.2, -0.15) is 0 Å². The molecule has 0 saturated carbocycles. The minimum absolute atomic E-state index is 0.0567. The van der Waals surface area contributed by atoms with E-state index in [-0.39, 0.29) is 50.2 Å². The van der Waals surface area contributed by atoms with Gasteiger partial charge in [0, 0.05) is 23.7 Å². The minimum Gasteiger partial charge on any atom is -0.506 e. The number of aliphatic carboxylic acids is 1. The standard InChI is InChI=1S/C20H25Cl3N2O4S/c1-9(6-11(3)18-25-20(4,8-30-18)19(28)29)5-10(2)12(26)7-13(27)16-14(21)15(22)17(23)24-16/h7,9-11,24,27H,5-6,8H2,1-4H3,(H,28,29)/b13-7-. The van der Waals surface area contributed by atoms with Gasteiger partial charge in [-0.3, -0.25) is 9.79 Å². The van der Waals surface area contributed by atoms with Gasteiger partial charge in [-0.05, 0) is 25.7 Å². The minimum atomic E-state index is -1.06. The van der Waals surface area contributed by atoms with Crippen LogP contribution in [0.2, 0.25) is 15.2 Å². The smallest absolute Gasteiger partial charge is 0.332 e. The first-order chi connectivity index (χ1) is 13.9. The number of hydrogen-bond acceptors (Lipinski definition) is 5. The van der Waals surface area contributed by atoms with E-state index in [9.17, 15) is 19.8 Å². The number of hydrogen-bond donors (Lipinski definition) is 3. The number of carbonyl (C=O) groups excluding carboxylic acids is 1. The molecule has 30 heavy (non-hydrogen) atoms. The first kappa shape index (κ1) is 25.1. The lowest BCUT2D eigenvalue weighted by molar-refractivity contribution is -0.141. The van der Waals surface area contributed by atoms with Crippen molar-refractivity contribution in [3.05, 3.63) is 27.0 Å². The second kappa shape index (κ2) is 9.98. The van der Waals surface area contributed by atoms with Crippen LogP contribution in [0.3, 0.4) is 0 Å². The van der Waals surface area contributed by atoms with Gasteiger partial charge in [-0.25, -0.2) is 4.79 Å². The molecule has 1 aliphatic heterocycles. The fourth-order valence-corrected chi connectivity index (χ4v) is 5.24. The highest BCUT2D eigenvalue weighted by atomic mass is 35.5. The number of aliphatic hydroxyl groups excluding tert-OH is 1. The topological polar surface area (TPSA) is 103 Å². The number of carboxylic acid groups (broad SMARTS) is 1. The van der Waals surface area contributed by atoms with Crippen LogP contribution in [0.15, 0.2) is 11.1 Å². The third kappa shape index (κ3) is 5.75. The van der Waals surface area contributed by atoms with E-state index in [0.717, 1.165) is 17.5 Å². The Labute approximate surface area is 195 Å². The average molecular weight is 496 g/mol. The second-order valence-electron chi connectivity index (χ2n) is 8.07. The Morgan fingerprint density at radius 1 is 1.20 bits per heavy atom. The number of aliphatic imine (C=N–C) groups is 1. The summed E-state index contributed by atoms with van der Waals surface area (Å²) in [5, 5.41) is 20.6. The Hall–Kier alpha value is -1.15. The van der Waals surface area contributed by atoms with Crippen molar-refractivity contribution in [1.82, 2.24) is 4.98 Å². The molecule has 166 valence electrons. The maximum atomic E-state index is 12.5. The SMILES string of the molecule is CC(CC(C)C(=O)/C=C(\O)c1[nH]c(Cl)c(Cl)c1Cl)CC(C)C1=NC(C)(C(=O)O)CS1. The van der Waals surface area contributed by atoms with Crippen molar-refractivity contribution in [2.24, 2.45) is 22.7 Å². The average Bonchev–Trinajstić information content (AvgIpc) is 3.18. The molecule has 0 aliphatic carbocycles. The third-order valence-electron chi connectivity index (χ3n) is 5.11. The Morgan fingerprint density at radius 2 is 1.83 bits per heavy atom. The quantitative estimate of drug-likeness (QED) is 0.283. The summed E-state index contributed by atoms with van der Waals surface area (Å²) in [6.07, 6.45) is 2.52. The van der Waals surface area contributed by atoms with E-state index in [1.165, 1.54) is 11.8 Å².